The van der Waals surface area contributed by atoms with E-state index in [2.05, 4.69) is 26.2 Å². The molecular weight excluding hydrogens is 450 g/mol. The highest BCUT2D eigenvalue weighted by molar-refractivity contribution is 8.15. The van der Waals surface area contributed by atoms with Crippen molar-refractivity contribution in [2.45, 2.75) is 32.4 Å². The van der Waals surface area contributed by atoms with Gasteiger partial charge in [-0.3, -0.25) is 14.4 Å². The van der Waals surface area contributed by atoms with Crippen molar-refractivity contribution >= 4 is 63.3 Å². The highest BCUT2D eigenvalue weighted by Gasteiger charge is 2.32. The summed E-state index contributed by atoms with van der Waals surface area (Å²) in [6, 6.07) is 12.4. The van der Waals surface area contributed by atoms with Gasteiger partial charge in [0.05, 0.1) is 5.71 Å². The third-order valence-electron chi connectivity index (χ3n) is 4.49. The average Bonchev–Trinajstić information content (AvgIpc) is 3.07. The van der Waals surface area contributed by atoms with Crippen molar-refractivity contribution in [1.29, 1.82) is 0 Å². The molecule has 166 valence electrons. The molecule has 0 aromatic heterocycles. The van der Waals surface area contributed by atoms with E-state index in [4.69, 9.17) is 11.6 Å². The molecule has 0 saturated carbocycles. The summed E-state index contributed by atoms with van der Waals surface area (Å²) >= 11 is 7.23. The molecule has 1 fully saturated rings. The van der Waals surface area contributed by atoms with Gasteiger partial charge in [-0.2, -0.15) is 5.10 Å². The van der Waals surface area contributed by atoms with E-state index in [0.717, 1.165) is 22.9 Å². The monoisotopic (exact) mass is 471 g/mol. The number of halogens is 1. The lowest BCUT2D eigenvalue weighted by molar-refractivity contribution is -0.122. The molecule has 3 N–H and O–H groups in total. The fraction of sp³-hybridized carbons (Fsp3) is 0.227. The number of hydrogen-bond acceptors (Lipinski definition) is 6. The highest BCUT2D eigenvalue weighted by Crippen LogP contribution is 2.24. The molecule has 1 aliphatic heterocycles. The van der Waals surface area contributed by atoms with Crippen molar-refractivity contribution in [2.75, 3.05) is 10.6 Å². The van der Waals surface area contributed by atoms with Crippen molar-refractivity contribution in [2.24, 2.45) is 10.2 Å². The van der Waals surface area contributed by atoms with Gasteiger partial charge in [0.25, 0.3) is 0 Å². The number of amides is 3. The van der Waals surface area contributed by atoms with Gasteiger partial charge in [-0.25, -0.2) is 0 Å². The molecule has 10 heteroatoms. The van der Waals surface area contributed by atoms with Crippen LogP contribution in [-0.2, 0) is 14.4 Å². The Morgan fingerprint density at radius 3 is 2.59 bits per heavy atom. The van der Waals surface area contributed by atoms with Crippen LogP contribution in [0.25, 0.3) is 0 Å². The minimum Gasteiger partial charge on any atom is -0.326 e. The predicted molar refractivity (Wildman–Crippen MR) is 129 cm³/mol. The lowest BCUT2D eigenvalue weighted by Crippen LogP contribution is -2.28. The molecule has 2 aromatic carbocycles. The third kappa shape index (κ3) is 6.41. The summed E-state index contributed by atoms with van der Waals surface area (Å²) in [5.74, 6) is -0.762. The van der Waals surface area contributed by atoms with E-state index in [1.807, 2.05) is 19.1 Å². The number of carbonyl (C=O) groups is 3. The van der Waals surface area contributed by atoms with Gasteiger partial charge >= 0.3 is 0 Å². The van der Waals surface area contributed by atoms with Crippen LogP contribution in [0.15, 0.2) is 52.7 Å². The zero-order valence-corrected chi connectivity index (χ0v) is 19.3. The molecule has 8 nitrogen and oxygen atoms in total. The minimum absolute atomic E-state index is 0.0114. The molecular formula is C22H22ClN5O3S. The smallest absolute Gasteiger partial charge is 0.240 e. The molecule has 0 aliphatic carbocycles. The van der Waals surface area contributed by atoms with Gasteiger partial charge in [0, 0.05) is 29.7 Å². The summed E-state index contributed by atoms with van der Waals surface area (Å²) in [6.45, 7) is 5.08. The Balaban J connectivity index is 1.61. The first-order chi connectivity index (χ1) is 15.2. The van der Waals surface area contributed by atoms with E-state index >= 15 is 0 Å². The van der Waals surface area contributed by atoms with Gasteiger partial charge in [-0.05, 0) is 49.2 Å². The van der Waals surface area contributed by atoms with Crippen LogP contribution in [0.3, 0.4) is 0 Å². The number of anilines is 2. The van der Waals surface area contributed by atoms with E-state index in [1.165, 1.54) is 6.92 Å². The maximum absolute atomic E-state index is 12.3. The quantitative estimate of drug-likeness (QED) is 0.437. The third-order valence-corrected chi connectivity index (χ3v) is 5.97. The van der Waals surface area contributed by atoms with Crippen LogP contribution in [-0.4, -0.2) is 33.9 Å². The molecule has 2 aromatic rings. The number of hydrogen-bond donors (Lipinski definition) is 3. The second kappa shape index (κ2) is 10.4. The summed E-state index contributed by atoms with van der Waals surface area (Å²) in [5, 5.41) is 16.7. The Morgan fingerprint density at radius 2 is 1.88 bits per heavy atom. The molecule has 32 heavy (non-hydrogen) atoms. The molecule has 1 atom stereocenters. The van der Waals surface area contributed by atoms with Crippen molar-refractivity contribution in [1.82, 2.24) is 5.32 Å². The summed E-state index contributed by atoms with van der Waals surface area (Å²) in [4.78, 5) is 35.8. The van der Waals surface area contributed by atoms with Crippen LogP contribution in [0.4, 0.5) is 11.4 Å². The van der Waals surface area contributed by atoms with Crippen molar-refractivity contribution < 1.29 is 14.4 Å². The van der Waals surface area contributed by atoms with Gasteiger partial charge < -0.3 is 16.0 Å². The number of aryl methyl sites for hydroxylation is 1. The van der Waals surface area contributed by atoms with Gasteiger partial charge in [-0.15, -0.1) is 5.10 Å². The van der Waals surface area contributed by atoms with Crippen LogP contribution in [0.5, 0.6) is 0 Å². The average molecular weight is 472 g/mol. The van der Waals surface area contributed by atoms with Crippen LogP contribution >= 0.6 is 23.4 Å². The first kappa shape index (κ1) is 23.5. The topological polar surface area (TPSA) is 112 Å². The molecule has 3 rings (SSSR count). The Hall–Kier alpha value is -3.17. The number of rotatable bonds is 6. The van der Waals surface area contributed by atoms with Crippen LogP contribution < -0.4 is 16.0 Å². The number of amidine groups is 1. The normalized spacial score (nSPS) is 17.2. The lowest BCUT2D eigenvalue weighted by Gasteiger charge is -2.08. The minimum atomic E-state index is -0.603. The van der Waals surface area contributed by atoms with Crippen molar-refractivity contribution in [3.05, 3.63) is 58.6 Å². The summed E-state index contributed by atoms with van der Waals surface area (Å²) < 4.78 is 0. The molecule has 1 saturated heterocycles. The fourth-order valence-corrected chi connectivity index (χ4v) is 3.94. The number of nitrogens with one attached hydrogen (secondary N) is 3. The zero-order chi connectivity index (χ0) is 23.3. The standard InChI is InChI=1S/C22H22ClN5O3S/c1-12-7-8-17(10-18(12)23)25-20(30)11-19-21(31)26-22(32-19)28-27-13(2)15-5-4-6-16(9-15)24-14(3)29/h4-10,19H,11H2,1-3H3,(H,24,29)(H,25,30)(H,26,28,31)/b27-13-/t19-/m0/s1. The van der Waals surface area contributed by atoms with Gasteiger partial charge in [0.2, 0.25) is 17.7 Å². The van der Waals surface area contributed by atoms with E-state index < -0.39 is 5.25 Å². The van der Waals surface area contributed by atoms with Crippen LogP contribution in [0.2, 0.25) is 5.02 Å². The van der Waals surface area contributed by atoms with Crippen LogP contribution in [0, 0.1) is 6.92 Å². The number of thioether (sulfide) groups is 1. The van der Waals surface area contributed by atoms with Gasteiger partial charge in [0.1, 0.15) is 5.25 Å². The summed E-state index contributed by atoms with van der Waals surface area (Å²) in [5.41, 5.74) is 3.53. The predicted octanol–water partition coefficient (Wildman–Crippen LogP) is 3.95. The highest BCUT2D eigenvalue weighted by atomic mass is 35.5. The molecule has 0 spiro atoms. The van der Waals surface area contributed by atoms with Gasteiger partial charge in [0.15, 0.2) is 5.17 Å². The van der Waals surface area contributed by atoms with E-state index in [1.54, 1.807) is 37.3 Å². The largest absolute Gasteiger partial charge is 0.326 e. The van der Waals surface area contributed by atoms with Crippen molar-refractivity contribution in [3.8, 4) is 0 Å². The second-order valence-corrected chi connectivity index (χ2v) is 8.76. The first-order valence-corrected chi connectivity index (χ1v) is 11.0. The maximum atomic E-state index is 12.3. The van der Waals surface area contributed by atoms with Crippen LogP contribution in [0.1, 0.15) is 31.4 Å². The maximum Gasteiger partial charge on any atom is 0.240 e. The van der Waals surface area contributed by atoms with Crippen molar-refractivity contribution in [3.63, 3.8) is 0 Å². The Kier molecular flexibility index (Phi) is 7.66. The van der Waals surface area contributed by atoms with E-state index in [0.29, 0.717) is 27.3 Å². The lowest BCUT2D eigenvalue weighted by atomic mass is 10.1. The Bertz CT molecular complexity index is 1130. The molecule has 0 radical (unpaired) electrons. The molecule has 1 heterocycles. The summed E-state index contributed by atoms with van der Waals surface area (Å²) in [7, 11) is 0. The SMILES string of the molecule is CC(=O)Nc1cccc(/C(C)=N\N=C2/NC(=O)[C@H](CC(=O)Nc3ccc(C)c(Cl)c3)S2)c1. The molecule has 0 bridgehead atoms. The van der Waals surface area contributed by atoms with E-state index in [9.17, 15) is 14.4 Å². The zero-order valence-electron chi connectivity index (χ0n) is 17.7. The van der Waals surface area contributed by atoms with E-state index in [-0.39, 0.29) is 24.1 Å². The first-order valence-electron chi connectivity index (χ1n) is 9.75. The number of benzene rings is 2. The molecule has 3 amide bonds. The number of nitrogens with zero attached hydrogens (tertiary/aromatic N) is 2. The Morgan fingerprint density at radius 1 is 1.12 bits per heavy atom. The molecule has 1 aliphatic rings. The Labute approximate surface area is 194 Å². The molecule has 0 unspecified atom stereocenters. The fourth-order valence-electron chi connectivity index (χ4n) is 2.84. The van der Waals surface area contributed by atoms with Gasteiger partial charge in [-0.1, -0.05) is 41.6 Å². The summed E-state index contributed by atoms with van der Waals surface area (Å²) in [6.07, 6.45) is -0.0114. The second-order valence-electron chi connectivity index (χ2n) is 7.16. The number of carbonyl (C=O) groups excluding carboxylic acids is 3.